The van der Waals surface area contributed by atoms with Gasteiger partial charge in [-0.25, -0.2) is 5.43 Å². The Morgan fingerprint density at radius 2 is 1.62 bits per heavy atom. The minimum atomic E-state index is -0.256. The summed E-state index contributed by atoms with van der Waals surface area (Å²) in [6.45, 7) is 0.378. The van der Waals surface area contributed by atoms with E-state index in [0.717, 1.165) is 20.3 Å². The largest absolute Gasteiger partial charge is 0.493 e. The summed E-state index contributed by atoms with van der Waals surface area (Å²) in [5.74, 6) is 2.12. The summed E-state index contributed by atoms with van der Waals surface area (Å²) < 4.78 is 22.8. The fourth-order valence-electron chi connectivity index (χ4n) is 3.08. The molecular weight excluding hydrogens is 571 g/mol. The number of ether oxygens (including phenoxy) is 4. The lowest BCUT2D eigenvalue weighted by molar-refractivity contribution is -0.120. The van der Waals surface area contributed by atoms with Crippen molar-refractivity contribution in [2.24, 2.45) is 5.10 Å². The summed E-state index contributed by atoms with van der Waals surface area (Å²) in [6, 6.07) is 16.5. The maximum Gasteiger partial charge on any atom is 0.244 e. The lowest BCUT2D eigenvalue weighted by atomic mass is 10.1. The molecule has 0 saturated heterocycles. The number of methoxy groups -OCH3 is 3. The lowest BCUT2D eigenvalue weighted by Crippen LogP contribution is -2.19. The highest BCUT2D eigenvalue weighted by Crippen LogP contribution is 2.34. The molecular formula is C25H24ClIN2O5. The Bertz CT molecular complexity index is 1170. The van der Waals surface area contributed by atoms with Gasteiger partial charge in [-0.3, -0.25) is 4.79 Å². The van der Waals surface area contributed by atoms with Crippen molar-refractivity contribution >= 4 is 46.3 Å². The van der Waals surface area contributed by atoms with Crippen LogP contribution in [0.4, 0.5) is 0 Å². The monoisotopic (exact) mass is 594 g/mol. The van der Waals surface area contributed by atoms with Crippen molar-refractivity contribution in [1.82, 2.24) is 5.43 Å². The number of nitrogens with zero attached hydrogens (tertiary/aromatic N) is 1. The first-order valence-electron chi connectivity index (χ1n) is 10.2. The number of carbonyl (C=O) groups is 1. The van der Waals surface area contributed by atoms with Crippen LogP contribution in [0, 0.1) is 3.57 Å². The van der Waals surface area contributed by atoms with Gasteiger partial charge in [-0.05, 0) is 75.7 Å². The molecule has 0 fully saturated rings. The molecule has 1 amide bonds. The molecule has 1 N–H and O–H groups in total. The molecule has 0 spiro atoms. The van der Waals surface area contributed by atoms with Crippen molar-refractivity contribution in [3.63, 3.8) is 0 Å². The second-order valence-electron chi connectivity index (χ2n) is 7.11. The summed E-state index contributed by atoms with van der Waals surface area (Å²) in [5, 5.41) is 4.75. The third-order valence-corrected chi connectivity index (χ3v) is 5.82. The van der Waals surface area contributed by atoms with Gasteiger partial charge >= 0.3 is 0 Å². The van der Waals surface area contributed by atoms with Gasteiger partial charge in [0.15, 0.2) is 23.0 Å². The minimum Gasteiger partial charge on any atom is -0.493 e. The number of hydrazone groups is 1. The summed E-state index contributed by atoms with van der Waals surface area (Å²) in [4.78, 5) is 12.3. The number of amides is 1. The molecule has 9 heteroatoms. The van der Waals surface area contributed by atoms with Crippen LogP contribution >= 0.6 is 34.2 Å². The molecule has 0 saturated carbocycles. The van der Waals surface area contributed by atoms with Gasteiger partial charge in [-0.2, -0.15) is 5.10 Å². The van der Waals surface area contributed by atoms with Gasteiger partial charge in [0.25, 0.3) is 0 Å². The first-order valence-corrected chi connectivity index (χ1v) is 11.7. The molecule has 0 unspecified atom stereocenters. The zero-order valence-electron chi connectivity index (χ0n) is 18.9. The number of hydrogen-bond acceptors (Lipinski definition) is 6. The highest BCUT2D eigenvalue weighted by molar-refractivity contribution is 14.1. The molecule has 0 bridgehead atoms. The second kappa shape index (κ2) is 12.5. The van der Waals surface area contributed by atoms with Gasteiger partial charge in [0.05, 0.1) is 37.5 Å². The highest BCUT2D eigenvalue weighted by Gasteiger charge is 2.12. The van der Waals surface area contributed by atoms with Crippen LogP contribution in [-0.4, -0.2) is 33.5 Å². The minimum absolute atomic E-state index is 0.149. The van der Waals surface area contributed by atoms with E-state index in [1.807, 2.05) is 30.3 Å². The molecule has 3 aromatic rings. The second-order valence-corrected chi connectivity index (χ2v) is 8.71. The van der Waals surface area contributed by atoms with Crippen LogP contribution in [0.5, 0.6) is 23.0 Å². The van der Waals surface area contributed by atoms with Crippen LogP contribution in [-0.2, 0) is 17.8 Å². The Morgan fingerprint density at radius 3 is 2.29 bits per heavy atom. The van der Waals surface area contributed by atoms with E-state index < -0.39 is 0 Å². The SMILES string of the molecule is COc1ccc(CC(=O)N/N=C/c2cc(I)c(OCc3ccc(Cl)cc3)c(OC)c2)cc1OC. The van der Waals surface area contributed by atoms with E-state index in [0.29, 0.717) is 34.6 Å². The Kier molecular flexibility index (Phi) is 9.41. The highest BCUT2D eigenvalue weighted by atomic mass is 127. The Balaban J connectivity index is 1.62. The number of hydrogen-bond donors (Lipinski definition) is 1. The summed E-state index contributed by atoms with van der Waals surface area (Å²) >= 11 is 8.11. The summed E-state index contributed by atoms with van der Waals surface area (Å²) in [7, 11) is 4.69. The third-order valence-electron chi connectivity index (χ3n) is 4.76. The fourth-order valence-corrected chi connectivity index (χ4v) is 3.99. The maximum absolute atomic E-state index is 12.3. The molecule has 3 aromatic carbocycles. The van der Waals surface area contributed by atoms with Crippen LogP contribution in [0.15, 0.2) is 59.7 Å². The van der Waals surface area contributed by atoms with Crippen molar-refractivity contribution in [2.75, 3.05) is 21.3 Å². The van der Waals surface area contributed by atoms with Gasteiger partial charge < -0.3 is 18.9 Å². The van der Waals surface area contributed by atoms with Crippen LogP contribution in [0.1, 0.15) is 16.7 Å². The van der Waals surface area contributed by atoms with Gasteiger partial charge in [0.1, 0.15) is 6.61 Å². The number of carbonyl (C=O) groups excluding carboxylic acids is 1. The molecule has 0 aliphatic rings. The predicted octanol–water partition coefficient (Wildman–Crippen LogP) is 5.24. The van der Waals surface area contributed by atoms with E-state index in [-0.39, 0.29) is 12.3 Å². The third kappa shape index (κ3) is 7.01. The Hall–Kier alpha value is -2.98. The lowest BCUT2D eigenvalue weighted by Gasteiger charge is -2.13. The molecule has 34 heavy (non-hydrogen) atoms. The normalized spacial score (nSPS) is 10.7. The van der Waals surface area contributed by atoms with Crippen molar-refractivity contribution < 1.29 is 23.7 Å². The molecule has 0 aliphatic carbocycles. The van der Waals surface area contributed by atoms with Gasteiger partial charge in [-0.15, -0.1) is 0 Å². The van der Waals surface area contributed by atoms with E-state index in [1.54, 1.807) is 51.8 Å². The van der Waals surface area contributed by atoms with Gasteiger partial charge in [-0.1, -0.05) is 29.8 Å². The zero-order chi connectivity index (χ0) is 24.5. The molecule has 0 aromatic heterocycles. The molecule has 0 aliphatic heterocycles. The molecule has 7 nitrogen and oxygen atoms in total. The standard InChI is InChI=1S/C25H24ClIN2O5/c1-31-21-9-6-17(11-22(21)32-2)13-24(30)29-28-14-18-10-20(27)25(23(12-18)33-3)34-15-16-4-7-19(26)8-5-16/h4-12,14H,13,15H2,1-3H3,(H,29,30)/b28-14+. The quantitative estimate of drug-likeness (QED) is 0.197. The molecule has 0 atom stereocenters. The van der Waals surface area contributed by atoms with E-state index in [2.05, 4.69) is 33.1 Å². The average Bonchev–Trinajstić information content (AvgIpc) is 2.84. The van der Waals surface area contributed by atoms with E-state index in [9.17, 15) is 4.79 Å². The van der Waals surface area contributed by atoms with Crippen molar-refractivity contribution in [3.8, 4) is 23.0 Å². The predicted molar refractivity (Wildman–Crippen MR) is 140 cm³/mol. The van der Waals surface area contributed by atoms with Crippen LogP contribution in [0.25, 0.3) is 0 Å². The van der Waals surface area contributed by atoms with Gasteiger partial charge in [0.2, 0.25) is 5.91 Å². The summed E-state index contributed by atoms with van der Waals surface area (Å²) in [6.07, 6.45) is 1.70. The van der Waals surface area contributed by atoms with Crippen LogP contribution in [0.3, 0.4) is 0 Å². The van der Waals surface area contributed by atoms with Crippen molar-refractivity contribution in [2.45, 2.75) is 13.0 Å². The summed E-state index contributed by atoms with van der Waals surface area (Å²) in [5.41, 5.74) is 5.07. The topological polar surface area (TPSA) is 78.4 Å². The first-order chi connectivity index (χ1) is 16.4. The van der Waals surface area contributed by atoms with Crippen molar-refractivity contribution in [1.29, 1.82) is 0 Å². The Labute approximate surface area is 217 Å². The molecule has 178 valence electrons. The maximum atomic E-state index is 12.3. The number of rotatable bonds is 10. The van der Waals surface area contributed by atoms with E-state index in [1.165, 1.54) is 0 Å². The molecule has 0 heterocycles. The number of benzene rings is 3. The van der Waals surface area contributed by atoms with E-state index >= 15 is 0 Å². The number of halogens is 2. The van der Waals surface area contributed by atoms with Gasteiger partial charge in [0, 0.05) is 5.02 Å². The van der Waals surface area contributed by atoms with Crippen molar-refractivity contribution in [3.05, 3.63) is 79.9 Å². The zero-order valence-corrected chi connectivity index (χ0v) is 21.8. The molecule has 0 radical (unpaired) electrons. The fraction of sp³-hybridized carbons (Fsp3) is 0.200. The van der Waals surface area contributed by atoms with Crippen LogP contribution in [0.2, 0.25) is 5.02 Å². The van der Waals surface area contributed by atoms with Crippen LogP contribution < -0.4 is 24.4 Å². The average molecular weight is 595 g/mol. The first kappa shape index (κ1) is 25.6. The van der Waals surface area contributed by atoms with E-state index in [4.69, 9.17) is 30.5 Å². The smallest absolute Gasteiger partial charge is 0.244 e. The number of nitrogens with one attached hydrogen (secondary N) is 1. The molecule has 3 rings (SSSR count). The Morgan fingerprint density at radius 1 is 0.941 bits per heavy atom.